The predicted molar refractivity (Wildman–Crippen MR) is 138 cm³/mol. The lowest BCUT2D eigenvalue weighted by Gasteiger charge is -2.09. The summed E-state index contributed by atoms with van der Waals surface area (Å²) < 4.78 is 5.89. The third-order valence-electron chi connectivity index (χ3n) is 5.43. The summed E-state index contributed by atoms with van der Waals surface area (Å²) in [6.07, 6.45) is 2.45. The van der Waals surface area contributed by atoms with E-state index in [9.17, 15) is 4.79 Å². The van der Waals surface area contributed by atoms with Gasteiger partial charge in [0, 0.05) is 35.4 Å². The Kier molecular flexibility index (Phi) is 7.91. The molecule has 170 valence electrons. The van der Waals surface area contributed by atoms with Gasteiger partial charge in [0.25, 0.3) is 5.91 Å². The molecule has 4 rings (SSSR count). The van der Waals surface area contributed by atoms with Gasteiger partial charge in [-0.15, -0.1) is 12.4 Å². The summed E-state index contributed by atoms with van der Waals surface area (Å²) in [5.74, 6) is 1.02. The van der Waals surface area contributed by atoms with Crippen molar-refractivity contribution in [1.82, 2.24) is 5.32 Å². The zero-order valence-corrected chi connectivity index (χ0v) is 19.6. The molecule has 0 spiro atoms. The third kappa shape index (κ3) is 5.82. The molecule has 0 unspecified atom stereocenters. The molecule has 1 heterocycles. The number of aryl methyl sites for hydroxylation is 1. The SMILES string of the molecule is CCNC(=N)c1ccc(NC(=O)C2=Cc3cc(-c4ccc(C)cc4)ccc3OCC2)cc1.Cl. The second kappa shape index (κ2) is 10.8. The second-order valence-corrected chi connectivity index (χ2v) is 7.82. The quantitative estimate of drug-likeness (QED) is 0.331. The number of carbonyl (C=O) groups excluding carboxylic acids is 1. The standard InChI is InChI=1S/C27H27N3O2.ClH/c1-3-29-26(28)20-8-11-24(12-9-20)30-27(31)22-14-15-32-25-13-10-21(16-23(25)17-22)19-6-4-18(2)5-7-19;/h4-13,16-17H,3,14-15H2,1-2H3,(H2,28,29)(H,30,31);1H. The highest BCUT2D eigenvalue weighted by atomic mass is 35.5. The van der Waals surface area contributed by atoms with Crippen LogP contribution in [0.3, 0.4) is 0 Å². The van der Waals surface area contributed by atoms with Crippen molar-refractivity contribution < 1.29 is 9.53 Å². The largest absolute Gasteiger partial charge is 0.493 e. The molecule has 5 nitrogen and oxygen atoms in total. The highest BCUT2D eigenvalue weighted by Crippen LogP contribution is 2.31. The van der Waals surface area contributed by atoms with Crippen LogP contribution in [0.2, 0.25) is 0 Å². The van der Waals surface area contributed by atoms with E-state index in [1.165, 1.54) is 5.56 Å². The van der Waals surface area contributed by atoms with Crippen molar-refractivity contribution in [3.05, 3.63) is 89.0 Å². The van der Waals surface area contributed by atoms with E-state index in [1.807, 2.05) is 43.3 Å². The van der Waals surface area contributed by atoms with Crippen molar-refractivity contribution >= 4 is 35.9 Å². The molecule has 0 fully saturated rings. The first-order chi connectivity index (χ1) is 15.5. The number of ether oxygens (including phenoxy) is 1. The molecule has 0 radical (unpaired) electrons. The van der Waals surface area contributed by atoms with Gasteiger partial charge in [-0.3, -0.25) is 10.2 Å². The van der Waals surface area contributed by atoms with E-state index >= 15 is 0 Å². The summed E-state index contributed by atoms with van der Waals surface area (Å²) in [5, 5.41) is 13.9. The van der Waals surface area contributed by atoms with Gasteiger partial charge in [-0.1, -0.05) is 35.9 Å². The van der Waals surface area contributed by atoms with Crippen LogP contribution in [0.4, 0.5) is 5.69 Å². The fourth-order valence-electron chi connectivity index (χ4n) is 3.64. The second-order valence-electron chi connectivity index (χ2n) is 7.82. The number of amidine groups is 1. The molecule has 0 bridgehead atoms. The Morgan fingerprint density at radius 3 is 2.39 bits per heavy atom. The third-order valence-corrected chi connectivity index (χ3v) is 5.43. The van der Waals surface area contributed by atoms with Crippen LogP contribution in [-0.4, -0.2) is 24.9 Å². The Hall–Kier alpha value is -3.57. The first-order valence-corrected chi connectivity index (χ1v) is 10.8. The van der Waals surface area contributed by atoms with Gasteiger partial charge in [0.2, 0.25) is 0 Å². The van der Waals surface area contributed by atoms with E-state index in [2.05, 4.69) is 54.0 Å². The molecule has 0 aromatic heterocycles. The number of rotatable bonds is 5. The summed E-state index contributed by atoms with van der Waals surface area (Å²) in [4.78, 5) is 13.0. The first kappa shape index (κ1) is 24.1. The van der Waals surface area contributed by atoms with E-state index in [4.69, 9.17) is 10.1 Å². The average molecular weight is 462 g/mol. The molecule has 0 atom stereocenters. The summed E-state index contributed by atoms with van der Waals surface area (Å²) in [7, 11) is 0. The summed E-state index contributed by atoms with van der Waals surface area (Å²) in [6, 6.07) is 21.8. The highest BCUT2D eigenvalue weighted by Gasteiger charge is 2.16. The normalized spacial score (nSPS) is 12.2. The zero-order chi connectivity index (χ0) is 22.5. The van der Waals surface area contributed by atoms with Crippen LogP contribution in [0, 0.1) is 12.3 Å². The fraction of sp³-hybridized carbons (Fsp3) is 0.185. The summed E-state index contributed by atoms with van der Waals surface area (Å²) in [5.41, 5.74) is 6.49. The van der Waals surface area contributed by atoms with Crippen molar-refractivity contribution in [3.8, 4) is 16.9 Å². The minimum absolute atomic E-state index is 0. The monoisotopic (exact) mass is 461 g/mol. The number of fused-ring (bicyclic) bond motifs is 1. The molecule has 3 aromatic carbocycles. The maximum Gasteiger partial charge on any atom is 0.251 e. The van der Waals surface area contributed by atoms with Crippen LogP contribution >= 0.6 is 12.4 Å². The maximum absolute atomic E-state index is 13.0. The lowest BCUT2D eigenvalue weighted by atomic mass is 10.00. The number of hydrogen-bond donors (Lipinski definition) is 3. The molecular weight excluding hydrogens is 434 g/mol. The number of benzene rings is 3. The van der Waals surface area contributed by atoms with Gasteiger partial charge >= 0.3 is 0 Å². The summed E-state index contributed by atoms with van der Waals surface area (Å²) >= 11 is 0. The van der Waals surface area contributed by atoms with Crippen molar-refractivity contribution in [2.45, 2.75) is 20.3 Å². The van der Waals surface area contributed by atoms with Crippen LogP contribution in [0.25, 0.3) is 17.2 Å². The first-order valence-electron chi connectivity index (χ1n) is 10.8. The van der Waals surface area contributed by atoms with E-state index in [-0.39, 0.29) is 18.3 Å². The molecule has 1 aliphatic rings. The Balaban J connectivity index is 0.00000306. The van der Waals surface area contributed by atoms with Gasteiger partial charge in [-0.2, -0.15) is 0 Å². The van der Waals surface area contributed by atoms with E-state index in [0.717, 1.165) is 28.0 Å². The number of anilines is 1. The van der Waals surface area contributed by atoms with Crippen molar-refractivity contribution in [3.63, 3.8) is 0 Å². The fourth-order valence-corrected chi connectivity index (χ4v) is 3.64. The minimum atomic E-state index is -0.142. The number of carbonyl (C=O) groups is 1. The van der Waals surface area contributed by atoms with Gasteiger partial charge in [0.05, 0.1) is 6.61 Å². The maximum atomic E-state index is 13.0. The molecule has 6 heteroatoms. The van der Waals surface area contributed by atoms with E-state index < -0.39 is 0 Å². The Bertz CT molecular complexity index is 1170. The average Bonchev–Trinajstić information content (AvgIpc) is 3.02. The highest BCUT2D eigenvalue weighted by molar-refractivity contribution is 6.07. The van der Waals surface area contributed by atoms with Gasteiger partial charge in [0.1, 0.15) is 11.6 Å². The Morgan fingerprint density at radius 1 is 1.00 bits per heavy atom. The van der Waals surface area contributed by atoms with Gasteiger partial charge in [0.15, 0.2) is 0 Å². The number of nitrogens with one attached hydrogen (secondary N) is 3. The number of halogens is 1. The van der Waals surface area contributed by atoms with Crippen LogP contribution in [0.1, 0.15) is 30.0 Å². The van der Waals surface area contributed by atoms with Crippen LogP contribution in [-0.2, 0) is 4.79 Å². The molecule has 3 aromatic rings. The molecule has 0 aliphatic carbocycles. The van der Waals surface area contributed by atoms with Crippen LogP contribution in [0.15, 0.2) is 72.3 Å². The zero-order valence-electron chi connectivity index (χ0n) is 18.8. The van der Waals surface area contributed by atoms with Crippen LogP contribution < -0.4 is 15.4 Å². The molecule has 1 amide bonds. The van der Waals surface area contributed by atoms with Gasteiger partial charge in [-0.05, 0) is 67.4 Å². The van der Waals surface area contributed by atoms with E-state index in [1.54, 1.807) is 0 Å². The molecular formula is C27H28ClN3O2. The van der Waals surface area contributed by atoms with Crippen molar-refractivity contribution in [1.29, 1.82) is 5.41 Å². The van der Waals surface area contributed by atoms with Gasteiger partial charge in [-0.25, -0.2) is 0 Å². The topological polar surface area (TPSA) is 74.2 Å². The molecule has 3 N–H and O–H groups in total. The lowest BCUT2D eigenvalue weighted by Crippen LogP contribution is -2.22. The van der Waals surface area contributed by atoms with Crippen LogP contribution in [0.5, 0.6) is 5.75 Å². The Labute approximate surface area is 200 Å². The van der Waals surface area contributed by atoms with Crippen molar-refractivity contribution in [2.75, 3.05) is 18.5 Å². The lowest BCUT2D eigenvalue weighted by molar-refractivity contribution is -0.113. The molecule has 0 saturated carbocycles. The Morgan fingerprint density at radius 2 is 1.70 bits per heavy atom. The minimum Gasteiger partial charge on any atom is -0.493 e. The predicted octanol–water partition coefficient (Wildman–Crippen LogP) is 5.82. The molecule has 33 heavy (non-hydrogen) atoms. The molecule has 0 saturated heterocycles. The number of hydrogen-bond acceptors (Lipinski definition) is 3. The molecule has 1 aliphatic heterocycles. The van der Waals surface area contributed by atoms with Gasteiger partial charge < -0.3 is 15.4 Å². The summed E-state index contributed by atoms with van der Waals surface area (Å²) in [6.45, 7) is 5.17. The van der Waals surface area contributed by atoms with Crippen molar-refractivity contribution in [2.24, 2.45) is 0 Å². The van der Waals surface area contributed by atoms with E-state index in [0.29, 0.717) is 36.7 Å². The smallest absolute Gasteiger partial charge is 0.251 e. The number of amides is 1.